The minimum absolute atomic E-state index is 0.288. The second-order valence-electron chi connectivity index (χ2n) is 4.89. The number of benzene rings is 1. The summed E-state index contributed by atoms with van der Waals surface area (Å²) >= 11 is 5.09. The van der Waals surface area contributed by atoms with Gasteiger partial charge in [0.15, 0.2) is 0 Å². The van der Waals surface area contributed by atoms with E-state index in [9.17, 15) is 4.39 Å². The number of thiophene rings is 1. The molecule has 1 aromatic heterocycles. The lowest BCUT2D eigenvalue weighted by molar-refractivity contribution is 0.306. The van der Waals surface area contributed by atoms with Crippen molar-refractivity contribution in [3.05, 3.63) is 50.4 Å². The molecule has 0 saturated heterocycles. The molecule has 1 N–H and O–H groups in total. The average molecular weight is 356 g/mol. The van der Waals surface area contributed by atoms with E-state index in [1.54, 1.807) is 17.4 Å². The first kappa shape index (κ1) is 14.0. The summed E-state index contributed by atoms with van der Waals surface area (Å²) in [6.07, 6.45) is 2.60. The summed E-state index contributed by atoms with van der Waals surface area (Å²) in [5.74, 6) is 0.250. The molecule has 0 amide bonds. The lowest BCUT2D eigenvalue weighted by atomic mass is 10.3. The van der Waals surface area contributed by atoms with Gasteiger partial charge in [-0.2, -0.15) is 0 Å². The molecule has 0 radical (unpaired) electrons. The fourth-order valence-electron chi connectivity index (χ4n) is 1.86. The van der Waals surface area contributed by atoms with Crippen LogP contribution in [-0.2, 0) is 13.2 Å². The molecule has 0 unspecified atom stereocenters. The summed E-state index contributed by atoms with van der Waals surface area (Å²) in [7, 11) is 0. The predicted molar refractivity (Wildman–Crippen MR) is 82.6 cm³/mol. The molecule has 5 heteroatoms. The molecule has 20 heavy (non-hydrogen) atoms. The summed E-state index contributed by atoms with van der Waals surface area (Å²) in [6.45, 7) is 1.40. The smallest absolute Gasteiger partial charge is 0.136 e. The lowest BCUT2D eigenvalue weighted by Gasteiger charge is -2.06. The molecule has 1 aliphatic carbocycles. The molecule has 3 rings (SSSR count). The van der Waals surface area contributed by atoms with Crippen LogP contribution in [0.25, 0.3) is 0 Å². The molecule has 1 saturated carbocycles. The van der Waals surface area contributed by atoms with Gasteiger partial charge in [-0.3, -0.25) is 0 Å². The third-order valence-electron chi connectivity index (χ3n) is 3.12. The Hall–Kier alpha value is -0.910. The quantitative estimate of drug-likeness (QED) is 0.824. The van der Waals surface area contributed by atoms with Crippen LogP contribution in [0.5, 0.6) is 5.75 Å². The van der Waals surface area contributed by atoms with E-state index in [4.69, 9.17) is 4.74 Å². The van der Waals surface area contributed by atoms with Crippen LogP contribution in [0.1, 0.15) is 22.6 Å². The summed E-state index contributed by atoms with van der Waals surface area (Å²) in [5, 5.41) is 3.49. The zero-order valence-electron chi connectivity index (χ0n) is 10.9. The Morgan fingerprint density at radius 2 is 2.05 bits per heavy atom. The molecule has 1 heterocycles. The van der Waals surface area contributed by atoms with Gasteiger partial charge in [-0.05, 0) is 53.0 Å². The number of ether oxygens (including phenoxy) is 1. The summed E-state index contributed by atoms with van der Waals surface area (Å²) < 4.78 is 19.6. The van der Waals surface area contributed by atoms with E-state index in [1.807, 2.05) is 0 Å². The SMILES string of the molecule is Fc1ccc(Br)c(OCc2ccc(CNC3CC3)s2)c1. The third kappa shape index (κ3) is 3.81. The molecule has 0 aliphatic heterocycles. The molecule has 0 bridgehead atoms. The van der Waals surface area contributed by atoms with Gasteiger partial charge in [0.2, 0.25) is 0 Å². The highest BCUT2D eigenvalue weighted by Gasteiger charge is 2.20. The fraction of sp³-hybridized carbons (Fsp3) is 0.333. The minimum Gasteiger partial charge on any atom is -0.487 e. The average Bonchev–Trinajstić information content (AvgIpc) is 3.16. The van der Waals surface area contributed by atoms with E-state index in [0.29, 0.717) is 12.4 Å². The Bertz CT molecular complexity index is 597. The van der Waals surface area contributed by atoms with Crippen molar-refractivity contribution in [3.8, 4) is 5.75 Å². The van der Waals surface area contributed by atoms with Crippen molar-refractivity contribution in [2.45, 2.75) is 32.0 Å². The van der Waals surface area contributed by atoms with Crippen LogP contribution in [0.15, 0.2) is 34.8 Å². The zero-order chi connectivity index (χ0) is 13.9. The molecule has 0 atom stereocenters. The van der Waals surface area contributed by atoms with E-state index in [-0.39, 0.29) is 5.82 Å². The van der Waals surface area contributed by atoms with Gasteiger partial charge < -0.3 is 10.1 Å². The van der Waals surface area contributed by atoms with Crippen LogP contribution >= 0.6 is 27.3 Å². The maximum absolute atomic E-state index is 13.2. The monoisotopic (exact) mass is 355 g/mol. The van der Waals surface area contributed by atoms with E-state index in [1.165, 1.54) is 29.9 Å². The molecule has 2 nitrogen and oxygen atoms in total. The molecular weight excluding hydrogens is 341 g/mol. The first-order valence-electron chi connectivity index (χ1n) is 6.59. The number of rotatable bonds is 6. The molecular formula is C15H15BrFNOS. The van der Waals surface area contributed by atoms with Crippen LogP contribution in [0.4, 0.5) is 4.39 Å². The van der Waals surface area contributed by atoms with Crippen molar-refractivity contribution >= 4 is 27.3 Å². The summed E-state index contributed by atoms with van der Waals surface area (Å²) in [4.78, 5) is 2.46. The van der Waals surface area contributed by atoms with Crippen molar-refractivity contribution in [3.63, 3.8) is 0 Å². The predicted octanol–water partition coefficient (Wildman–Crippen LogP) is 4.48. The highest BCUT2D eigenvalue weighted by molar-refractivity contribution is 9.10. The molecule has 106 valence electrons. The van der Waals surface area contributed by atoms with Gasteiger partial charge in [-0.15, -0.1) is 11.3 Å². The first-order valence-corrected chi connectivity index (χ1v) is 8.20. The van der Waals surface area contributed by atoms with Crippen molar-refractivity contribution in [1.29, 1.82) is 0 Å². The van der Waals surface area contributed by atoms with Crippen LogP contribution in [0.3, 0.4) is 0 Å². The summed E-state index contributed by atoms with van der Waals surface area (Å²) in [5.41, 5.74) is 0. The van der Waals surface area contributed by atoms with Crippen molar-refractivity contribution in [1.82, 2.24) is 5.32 Å². The van der Waals surface area contributed by atoms with E-state index < -0.39 is 0 Å². The number of hydrogen-bond acceptors (Lipinski definition) is 3. The van der Waals surface area contributed by atoms with Gasteiger partial charge in [0.25, 0.3) is 0 Å². The van der Waals surface area contributed by atoms with Gasteiger partial charge in [-0.1, -0.05) is 0 Å². The highest BCUT2D eigenvalue weighted by Crippen LogP contribution is 2.27. The van der Waals surface area contributed by atoms with E-state index in [0.717, 1.165) is 21.9 Å². The fourth-order valence-corrected chi connectivity index (χ4v) is 3.11. The molecule has 2 aromatic rings. The Morgan fingerprint density at radius 1 is 1.25 bits per heavy atom. The molecule has 1 aromatic carbocycles. The molecule has 1 fully saturated rings. The van der Waals surface area contributed by atoms with Crippen LogP contribution in [0, 0.1) is 5.82 Å². The Balaban J connectivity index is 1.55. The van der Waals surface area contributed by atoms with Gasteiger partial charge in [0.05, 0.1) is 4.47 Å². The van der Waals surface area contributed by atoms with Crippen molar-refractivity contribution in [2.24, 2.45) is 0 Å². The second kappa shape index (κ2) is 6.24. The van der Waals surface area contributed by atoms with Crippen molar-refractivity contribution in [2.75, 3.05) is 0 Å². The van der Waals surface area contributed by atoms with Crippen LogP contribution < -0.4 is 10.1 Å². The van der Waals surface area contributed by atoms with E-state index in [2.05, 4.69) is 33.4 Å². The normalized spacial score (nSPS) is 14.5. The topological polar surface area (TPSA) is 21.3 Å². The minimum atomic E-state index is -0.288. The van der Waals surface area contributed by atoms with Gasteiger partial charge in [0, 0.05) is 28.4 Å². The number of halogens is 2. The van der Waals surface area contributed by atoms with Gasteiger partial charge >= 0.3 is 0 Å². The first-order chi connectivity index (χ1) is 9.70. The maximum Gasteiger partial charge on any atom is 0.136 e. The Morgan fingerprint density at radius 3 is 2.85 bits per heavy atom. The maximum atomic E-state index is 13.2. The molecule has 1 aliphatic rings. The second-order valence-corrected chi connectivity index (χ2v) is 6.99. The van der Waals surface area contributed by atoms with Gasteiger partial charge in [-0.25, -0.2) is 4.39 Å². The Kier molecular flexibility index (Phi) is 4.38. The summed E-state index contributed by atoms with van der Waals surface area (Å²) in [6, 6.07) is 9.38. The largest absolute Gasteiger partial charge is 0.487 e. The van der Waals surface area contributed by atoms with Gasteiger partial charge in [0.1, 0.15) is 18.2 Å². The highest BCUT2D eigenvalue weighted by atomic mass is 79.9. The Labute approximate surface area is 130 Å². The van der Waals surface area contributed by atoms with E-state index >= 15 is 0 Å². The lowest BCUT2D eigenvalue weighted by Crippen LogP contribution is -2.14. The standard InChI is InChI=1S/C15H15BrFNOS/c16-14-6-1-10(17)7-15(14)19-9-13-5-4-12(20-13)8-18-11-2-3-11/h1,4-7,11,18H,2-3,8-9H2. The number of hydrogen-bond donors (Lipinski definition) is 1. The van der Waals surface area contributed by atoms with Crippen LogP contribution in [0.2, 0.25) is 0 Å². The third-order valence-corrected chi connectivity index (χ3v) is 4.84. The number of nitrogens with one attached hydrogen (secondary N) is 1. The zero-order valence-corrected chi connectivity index (χ0v) is 13.3. The molecule has 0 spiro atoms. The van der Waals surface area contributed by atoms with Crippen LogP contribution in [-0.4, -0.2) is 6.04 Å². The van der Waals surface area contributed by atoms with Crippen molar-refractivity contribution < 1.29 is 9.13 Å².